The summed E-state index contributed by atoms with van der Waals surface area (Å²) < 4.78 is 4.95. The minimum atomic E-state index is -1.50. The van der Waals surface area contributed by atoms with Gasteiger partial charge in [0.25, 0.3) is 11.8 Å². The van der Waals surface area contributed by atoms with Crippen molar-refractivity contribution in [2.24, 2.45) is 5.73 Å². The summed E-state index contributed by atoms with van der Waals surface area (Å²) in [6.07, 6.45) is -1.75. The Morgan fingerprint density at radius 3 is 2.31 bits per heavy atom. The van der Waals surface area contributed by atoms with Gasteiger partial charge < -0.3 is 20.6 Å². The van der Waals surface area contributed by atoms with E-state index in [2.05, 4.69) is 10.2 Å². The number of nitrogens with zero attached hydrogens (tertiary/aromatic N) is 1. The topological polar surface area (TPSA) is 145 Å². The summed E-state index contributed by atoms with van der Waals surface area (Å²) in [7, 11) is 0. The van der Waals surface area contributed by atoms with Crippen LogP contribution in [0.1, 0.15) is 24.8 Å². The summed E-state index contributed by atoms with van der Waals surface area (Å²) in [6, 6.07) is 7.27. The van der Waals surface area contributed by atoms with Crippen LogP contribution in [-0.4, -0.2) is 40.9 Å². The SMILES string of the molecule is NC(=O)C[C@H](NC(=O)OCc1ccccc1)C(=O)ON1C(=O)CCC1=O. The average Bonchev–Trinajstić information content (AvgIpc) is 2.92. The maximum atomic E-state index is 12.1. The lowest BCUT2D eigenvalue weighted by Crippen LogP contribution is -2.47. The summed E-state index contributed by atoms with van der Waals surface area (Å²) in [5.41, 5.74) is 5.76. The molecule has 1 aliphatic heterocycles. The fourth-order valence-electron chi connectivity index (χ4n) is 2.11. The second kappa shape index (κ2) is 8.60. The Labute approximate surface area is 148 Å². The van der Waals surface area contributed by atoms with E-state index in [-0.39, 0.29) is 19.4 Å². The normalized spacial score (nSPS) is 14.7. The highest BCUT2D eigenvalue weighted by atomic mass is 16.7. The zero-order chi connectivity index (χ0) is 19.1. The first-order valence-corrected chi connectivity index (χ1v) is 7.70. The first-order chi connectivity index (χ1) is 12.4. The fourth-order valence-corrected chi connectivity index (χ4v) is 2.11. The van der Waals surface area contributed by atoms with E-state index in [1.165, 1.54) is 0 Å². The van der Waals surface area contributed by atoms with Gasteiger partial charge in [-0.05, 0) is 5.56 Å². The van der Waals surface area contributed by atoms with Crippen LogP contribution < -0.4 is 11.1 Å². The van der Waals surface area contributed by atoms with E-state index in [0.717, 1.165) is 0 Å². The molecule has 10 heteroatoms. The summed E-state index contributed by atoms with van der Waals surface area (Å²) >= 11 is 0. The van der Waals surface area contributed by atoms with Crippen molar-refractivity contribution >= 4 is 29.8 Å². The Hall–Kier alpha value is -3.43. The van der Waals surface area contributed by atoms with E-state index in [1.54, 1.807) is 30.3 Å². The summed E-state index contributed by atoms with van der Waals surface area (Å²) in [5.74, 6) is -3.45. The molecule has 138 valence electrons. The number of rotatable bonds is 7. The van der Waals surface area contributed by atoms with E-state index in [9.17, 15) is 24.0 Å². The third kappa shape index (κ3) is 5.30. The van der Waals surface area contributed by atoms with Crippen LogP contribution in [0.25, 0.3) is 0 Å². The van der Waals surface area contributed by atoms with Gasteiger partial charge >= 0.3 is 12.1 Å². The number of nitrogens with two attached hydrogens (primary N) is 1. The van der Waals surface area contributed by atoms with Crippen LogP contribution in [0.3, 0.4) is 0 Å². The number of benzene rings is 1. The predicted molar refractivity (Wildman–Crippen MR) is 84.5 cm³/mol. The van der Waals surface area contributed by atoms with Crippen molar-refractivity contribution in [2.45, 2.75) is 31.9 Å². The van der Waals surface area contributed by atoms with E-state index >= 15 is 0 Å². The molecule has 0 radical (unpaired) electrons. The van der Waals surface area contributed by atoms with Gasteiger partial charge in [-0.1, -0.05) is 30.3 Å². The van der Waals surface area contributed by atoms with Gasteiger partial charge in [0.05, 0.1) is 6.42 Å². The monoisotopic (exact) mass is 363 g/mol. The Balaban J connectivity index is 1.94. The number of hydrogen-bond donors (Lipinski definition) is 2. The minimum Gasteiger partial charge on any atom is -0.445 e. The minimum absolute atomic E-state index is 0.0614. The number of carbonyl (C=O) groups is 5. The van der Waals surface area contributed by atoms with Gasteiger partial charge in [0.15, 0.2) is 0 Å². The number of hydrogen-bond acceptors (Lipinski definition) is 7. The molecule has 1 aromatic rings. The van der Waals surface area contributed by atoms with E-state index < -0.39 is 42.2 Å². The summed E-state index contributed by atoms with van der Waals surface area (Å²) in [6.45, 7) is -0.0614. The van der Waals surface area contributed by atoms with Crippen molar-refractivity contribution < 1.29 is 33.5 Å². The first kappa shape index (κ1) is 18.9. The largest absolute Gasteiger partial charge is 0.445 e. The number of imide groups is 1. The third-order valence-corrected chi connectivity index (χ3v) is 3.38. The van der Waals surface area contributed by atoms with Crippen LogP contribution in [0, 0.1) is 0 Å². The number of alkyl carbamates (subject to hydrolysis) is 1. The number of amides is 4. The smallest absolute Gasteiger partial charge is 0.408 e. The quantitative estimate of drug-likeness (QED) is 0.636. The standard InChI is InChI=1S/C16H17N3O7/c17-12(20)8-11(15(23)26-19-13(21)6-7-14(19)22)18-16(24)25-9-10-4-2-1-3-5-10/h1-5,11H,6-9H2,(H2,17,20)(H,18,24)/t11-/m0/s1. The van der Waals surface area contributed by atoms with Gasteiger partial charge in [0, 0.05) is 12.8 Å². The van der Waals surface area contributed by atoms with Crippen LogP contribution in [0.2, 0.25) is 0 Å². The lowest BCUT2D eigenvalue weighted by Gasteiger charge is -2.19. The van der Waals surface area contributed by atoms with Crippen LogP contribution in [-0.2, 0) is 35.4 Å². The van der Waals surface area contributed by atoms with Crippen LogP contribution >= 0.6 is 0 Å². The molecule has 0 aromatic heterocycles. The number of ether oxygens (including phenoxy) is 1. The highest BCUT2D eigenvalue weighted by Crippen LogP contribution is 2.13. The molecule has 0 saturated carbocycles. The lowest BCUT2D eigenvalue weighted by molar-refractivity contribution is -0.199. The Morgan fingerprint density at radius 1 is 1.12 bits per heavy atom. The summed E-state index contributed by atoms with van der Waals surface area (Å²) in [4.78, 5) is 62.7. The van der Waals surface area contributed by atoms with Gasteiger partial charge in [0.1, 0.15) is 12.6 Å². The number of hydroxylamine groups is 2. The van der Waals surface area contributed by atoms with Crippen molar-refractivity contribution in [1.82, 2.24) is 10.4 Å². The lowest BCUT2D eigenvalue weighted by atomic mass is 10.2. The Bertz CT molecular complexity index is 704. The summed E-state index contributed by atoms with van der Waals surface area (Å²) in [5, 5.41) is 2.45. The Morgan fingerprint density at radius 2 is 1.73 bits per heavy atom. The van der Waals surface area contributed by atoms with E-state index in [1.807, 2.05) is 0 Å². The maximum Gasteiger partial charge on any atom is 0.408 e. The zero-order valence-corrected chi connectivity index (χ0v) is 13.7. The van der Waals surface area contributed by atoms with Gasteiger partial charge in [-0.3, -0.25) is 14.4 Å². The molecule has 0 bridgehead atoms. The highest BCUT2D eigenvalue weighted by Gasteiger charge is 2.36. The van der Waals surface area contributed by atoms with Crippen molar-refractivity contribution in [3.63, 3.8) is 0 Å². The molecule has 1 atom stereocenters. The third-order valence-electron chi connectivity index (χ3n) is 3.38. The molecule has 1 fully saturated rings. The van der Waals surface area contributed by atoms with Crippen LogP contribution in [0.15, 0.2) is 30.3 Å². The molecule has 2 rings (SSSR count). The molecule has 1 heterocycles. The second-order valence-corrected chi connectivity index (χ2v) is 5.42. The molecule has 0 aliphatic carbocycles. The van der Waals surface area contributed by atoms with Gasteiger partial charge in [0.2, 0.25) is 5.91 Å². The van der Waals surface area contributed by atoms with Crippen molar-refractivity contribution in [3.05, 3.63) is 35.9 Å². The molecular weight excluding hydrogens is 346 g/mol. The van der Waals surface area contributed by atoms with Crippen molar-refractivity contribution in [3.8, 4) is 0 Å². The molecule has 1 aliphatic rings. The second-order valence-electron chi connectivity index (χ2n) is 5.42. The molecule has 1 saturated heterocycles. The molecule has 0 spiro atoms. The molecular formula is C16H17N3O7. The number of primary amides is 1. The highest BCUT2D eigenvalue weighted by molar-refractivity contribution is 6.02. The van der Waals surface area contributed by atoms with Gasteiger partial charge in [-0.15, -0.1) is 5.06 Å². The molecule has 26 heavy (non-hydrogen) atoms. The molecule has 10 nitrogen and oxygen atoms in total. The zero-order valence-electron chi connectivity index (χ0n) is 13.7. The van der Waals surface area contributed by atoms with Crippen LogP contribution in [0.5, 0.6) is 0 Å². The molecule has 0 unspecified atom stereocenters. The maximum absolute atomic E-state index is 12.1. The van der Waals surface area contributed by atoms with Gasteiger partial charge in [-0.2, -0.15) is 0 Å². The molecule has 1 aromatic carbocycles. The average molecular weight is 363 g/mol. The van der Waals surface area contributed by atoms with E-state index in [4.69, 9.17) is 10.5 Å². The van der Waals surface area contributed by atoms with Crippen LogP contribution in [0.4, 0.5) is 4.79 Å². The van der Waals surface area contributed by atoms with Crippen molar-refractivity contribution in [1.29, 1.82) is 0 Å². The molecule has 3 N–H and O–H groups in total. The first-order valence-electron chi connectivity index (χ1n) is 7.70. The van der Waals surface area contributed by atoms with Crippen molar-refractivity contribution in [2.75, 3.05) is 0 Å². The Kier molecular flexibility index (Phi) is 6.25. The number of carbonyl (C=O) groups excluding carboxylic acids is 5. The van der Waals surface area contributed by atoms with E-state index in [0.29, 0.717) is 10.6 Å². The van der Waals surface area contributed by atoms with Gasteiger partial charge in [-0.25, -0.2) is 9.59 Å². The predicted octanol–water partition coefficient (Wildman–Crippen LogP) is -0.236. The molecule has 4 amide bonds. The number of nitrogens with one attached hydrogen (secondary N) is 1. The fraction of sp³-hybridized carbons (Fsp3) is 0.312.